The van der Waals surface area contributed by atoms with Crippen LogP contribution in [0.1, 0.15) is 44.1 Å². The summed E-state index contributed by atoms with van der Waals surface area (Å²) in [5.74, 6) is 0.542. The van der Waals surface area contributed by atoms with Crippen molar-refractivity contribution < 1.29 is 9.66 Å². The minimum absolute atomic E-state index is 0.0801. The summed E-state index contributed by atoms with van der Waals surface area (Å²) in [5.41, 5.74) is 7.18. The molecule has 0 aliphatic heterocycles. The Balaban J connectivity index is 2.27. The Morgan fingerprint density at radius 3 is 2.43 bits per heavy atom. The first-order chi connectivity index (χ1) is 10.1. The lowest BCUT2D eigenvalue weighted by molar-refractivity contribution is -0.385. The van der Waals surface area contributed by atoms with Gasteiger partial charge in [0.2, 0.25) is 0 Å². The van der Waals surface area contributed by atoms with Gasteiger partial charge in [-0.15, -0.1) is 0 Å². The molecule has 5 heteroatoms. The molecule has 21 heavy (non-hydrogen) atoms. The molecular weight excluding hydrogens is 268 g/mol. The van der Waals surface area contributed by atoms with E-state index < -0.39 is 0 Å². The predicted molar refractivity (Wildman–Crippen MR) is 82.5 cm³/mol. The number of nitro benzene ring substituents is 1. The van der Waals surface area contributed by atoms with Gasteiger partial charge in [0.25, 0.3) is 5.69 Å². The number of methoxy groups -OCH3 is 1. The fraction of sp³-hybridized carbons (Fsp3) is 0.625. The lowest BCUT2D eigenvalue weighted by Gasteiger charge is -2.31. The highest BCUT2D eigenvalue weighted by atomic mass is 16.6. The van der Waals surface area contributed by atoms with E-state index >= 15 is 0 Å². The molecule has 1 aliphatic carbocycles. The van der Waals surface area contributed by atoms with E-state index in [4.69, 9.17) is 10.5 Å². The molecule has 0 spiro atoms. The second-order valence-corrected chi connectivity index (χ2v) is 6.09. The van der Waals surface area contributed by atoms with Gasteiger partial charge in [0, 0.05) is 6.07 Å². The third-order valence-corrected chi connectivity index (χ3v) is 4.57. The van der Waals surface area contributed by atoms with Gasteiger partial charge in [-0.1, -0.05) is 25.7 Å². The van der Waals surface area contributed by atoms with Gasteiger partial charge in [0.1, 0.15) is 5.75 Å². The first-order valence-electron chi connectivity index (χ1n) is 7.61. The van der Waals surface area contributed by atoms with Gasteiger partial charge < -0.3 is 10.5 Å². The molecule has 1 aromatic rings. The van der Waals surface area contributed by atoms with Crippen LogP contribution >= 0.6 is 0 Å². The number of hydrogen-bond donors (Lipinski definition) is 1. The molecule has 0 radical (unpaired) electrons. The Labute approximate surface area is 125 Å². The average molecular weight is 292 g/mol. The average Bonchev–Trinajstić information content (AvgIpc) is 2.73. The van der Waals surface area contributed by atoms with E-state index in [1.807, 2.05) is 6.07 Å². The Kier molecular flexibility index (Phi) is 5.17. The third-order valence-electron chi connectivity index (χ3n) is 4.57. The van der Waals surface area contributed by atoms with Gasteiger partial charge in [0.05, 0.1) is 18.1 Å². The minimum Gasteiger partial charge on any atom is -0.496 e. The third kappa shape index (κ3) is 3.94. The second-order valence-electron chi connectivity index (χ2n) is 6.09. The summed E-state index contributed by atoms with van der Waals surface area (Å²) in [7, 11) is 1.53. The molecule has 0 amide bonds. The Bertz CT molecular complexity index is 494. The quantitative estimate of drug-likeness (QED) is 0.512. The molecule has 0 unspecified atom stereocenters. The number of nitrogens with two attached hydrogens (primary N) is 1. The number of ether oxygens (including phenoxy) is 1. The minimum atomic E-state index is -0.367. The zero-order valence-electron chi connectivity index (χ0n) is 12.6. The summed E-state index contributed by atoms with van der Waals surface area (Å²) in [5, 5.41) is 11.0. The summed E-state index contributed by atoms with van der Waals surface area (Å²) in [4.78, 5) is 10.7. The van der Waals surface area contributed by atoms with Gasteiger partial charge in [0.15, 0.2) is 0 Å². The highest BCUT2D eigenvalue weighted by Crippen LogP contribution is 2.38. The smallest absolute Gasteiger partial charge is 0.273 e. The van der Waals surface area contributed by atoms with Crippen LogP contribution in [0.25, 0.3) is 0 Å². The maximum absolute atomic E-state index is 11.0. The molecule has 0 saturated heterocycles. The zero-order valence-corrected chi connectivity index (χ0v) is 12.6. The molecule has 116 valence electrons. The van der Waals surface area contributed by atoms with Gasteiger partial charge in [-0.05, 0) is 42.9 Å². The van der Waals surface area contributed by atoms with Crippen LogP contribution in [0.4, 0.5) is 5.69 Å². The van der Waals surface area contributed by atoms with Crippen molar-refractivity contribution in [3.63, 3.8) is 0 Å². The van der Waals surface area contributed by atoms with Crippen LogP contribution < -0.4 is 10.5 Å². The number of benzene rings is 1. The fourth-order valence-corrected chi connectivity index (χ4v) is 3.33. The van der Waals surface area contributed by atoms with Crippen LogP contribution in [-0.4, -0.2) is 18.6 Å². The highest BCUT2D eigenvalue weighted by Gasteiger charge is 2.30. The summed E-state index contributed by atoms with van der Waals surface area (Å²) < 4.78 is 5.19. The van der Waals surface area contributed by atoms with Gasteiger partial charge >= 0.3 is 0 Å². The number of nitrogens with zero attached hydrogens (tertiary/aromatic N) is 1. The second kappa shape index (κ2) is 6.89. The Hall–Kier alpha value is -1.62. The first-order valence-corrected chi connectivity index (χ1v) is 7.61. The molecule has 0 heterocycles. The van der Waals surface area contributed by atoms with Crippen LogP contribution in [0.15, 0.2) is 18.2 Å². The topological polar surface area (TPSA) is 78.4 Å². The van der Waals surface area contributed by atoms with Crippen LogP contribution in [0.5, 0.6) is 5.75 Å². The summed E-state index contributed by atoms with van der Waals surface area (Å²) >= 11 is 0. The largest absolute Gasteiger partial charge is 0.496 e. The van der Waals surface area contributed by atoms with E-state index in [0.29, 0.717) is 12.3 Å². The SMILES string of the molecule is COc1cc(CC2(CN)CCCCCC2)cc([N+](=O)[O-])c1. The molecule has 1 fully saturated rings. The van der Waals surface area contributed by atoms with E-state index in [1.165, 1.54) is 38.9 Å². The standard InChI is InChI=1S/C16H24N2O3/c1-21-15-9-13(8-14(10-15)18(19)20)11-16(12-17)6-4-2-3-5-7-16/h8-10H,2-7,11-12,17H2,1H3. The lowest BCUT2D eigenvalue weighted by Crippen LogP contribution is -2.32. The molecule has 0 atom stereocenters. The number of rotatable bonds is 5. The molecule has 0 bridgehead atoms. The zero-order chi connectivity index (χ0) is 15.3. The molecule has 5 nitrogen and oxygen atoms in total. The maximum atomic E-state index is 11.0. The molecule has 2 rings (SSSR count). The van der Waals surface area contributed by atoms with Crippen LogP contribution in [0, 0.1) is 15.5 Å². The molecule has 1 aliphatic rings. The van der Waals surface area contributed by atoms with Crippen molar-refractivity contribution in [3.8, 4) is 5.75 Å². The van der Waals surface area contributed by atoms with Crippen molar-refractivity contribution in [2.45, 2.75) is 44.9 Å². The summed E-state index contributed by atoms with van der Waals surface area (Å²) in [6.45, 7) is 0.637. The lowest BCUT2D eigenvalue weighted by atomic mass is 9.75. The Morgan fingerprint density at radius 2 is 1.90 bits per heavy atom. The summed E-state index contributed by atoms with van der Waals surface area (Å²) in [6, 6.07) is 5.02. The highest BCUT2D eigenvalue weighted by molar-refractivity contribution is 5.43. The molecule has 1 aromatic carbocycles. The van der Waals surface area contributed by atoms with E-state index in [0.717, 1.165) is 24.8 Å². The van der Waals surface area contributed by atoms with Crippen molar-refractivity contribution in [2.24, 2.45) is 11.1 Å². The van der Waals surface area contributed by atoms with E-state index in [9.17, 15) is 10.1 Å². The molecule has 1 saturated carbocycles. The van der Waals surface area contributed by atoms with Crippen molar-refractivity contribution in [2.75, 3.05) is 13.7 Å². The van der Waals surface area contributed by atoms with E-state index in [2.05, 4.69) is 0 Å². The predicted octanol–water partition coefficient (Wildman–Crippen LogP) is 3.45. The van der Waals surface area contributed by atoms with Gasteiger partial charge in [-0.2, -0.15) is 0 Å². The van der Waals surface area contributed by atoms with E-state index in [-0.39, 0.29) is 16.0 Å². The maximum Gasteiger partial charge on any atom is 0.273 e. The molecule has 2 N–H and O–H groups in total. The first kappa shape index (κ1) is 15.8. The molecular formula is C16H24N2O3. The van der Waals surface area contributed by atoms with E-state index in [1.54, 1.807) is 6.07 Å². The van der Waals surface area contributed by atoms with Crippen molar-refractivity contribution in [1.29, 1.82) is 0 Å². The van der Waals surface area contributed by atoms with Gasteiger partial charge in [-0.25, -0.2) is 0 Å². The van der Waals surface area contributed by atoms with Crippen molar-refractivity contribution in [1.82, 2.24) is 0 Å². The van der Waals surface area contributed by atoms with Crippen LogP contribution in [0.2, 0.25) is 0 Å². The fourth-order valence-electron chi connectivity index (χ4n) is 3.33. The Morgan fingerprint density at radius 1 is 1.24 bits per heavy atom. The monoisotopic (exact) mass is 292 g/mol. The van der Waals surface area contributed by atoms with Gasteiger partial charge in [-0.3, -0.25) is 10.1 Å². The van der Waals surface area contributed by atoms with Crippen molar-refractivity contribution >= 4 is 5.69 Å². The number of non-ortho nitro benzene ring substituents is 1. The van der Waals surface area contributed by atoms with Crippen LogP contribution in [-0.2, 0) is 6.42 Å². The number of nitro groups is 1. The normalized spacial score (nSPS) is 18.0. The molecule has 0 aromatic heterocycles. The van der Waals surface area contributed by atoms with Crippen molar-refractivity contribution in [3.05, 3.63) is 33.9 Å². The summed E-state index contributed by atoms with van der Waals surface area (Å²) in [6.07, 6.45) is 7.93. The van der Waals surface area contributed by atoms with Crippen LogP contribution in [0.3, 0.4) is 0 Å². The number of hydrogen-bond acceptors (Lipinski definition) is 4.